The third-order valence-corrected chi connectivity index (χ3v) is 3.03. The fraction of sp³-hybridized carbons (Fsp3) is 0.357. The number of nitrogens with zero attached hydrogens (tertiary/aromatic N) is 3. The van der Waals surface area contributed by atoms with Gasteiger partial charge in [0.15, 0.2) is 11.8 Å². The van der Waals surface area contributed by atoms with Crippen LogP contribution >= 0.6 is 35.6 Å². The molecule has 0 unspecified atom stereocenters. The second-order valence-corrected chi connectivity index (χ2v) is 4.90. The third-order valence-electron chi connectivity index (χ3n) is 2.80. The fourth-order valence-electron chi connectivity index (χ4n) is 1.81. The summed E-state index contributed by atoms with van der Waals surface area (Å²) >= 11 is 5.95. The molecule has 8 heteroatoms. The van der Waals surface area contributed by atoms with E-state index in [1.54, 1.807) is 14.0 Å². The first-order chi connectivity index (χ1) is 10.2. The van der Waals surface area contributed by atoms with Crippen molar-refractivity contribution >= 4 is 41.5 Å². The zero-order valence-electron chi connectivity index (χ0n) is 12.5. The molecule has 22 heavy (non-hydrogen) atoms. The summed E-state index contributed by atoms with van der Waals surface area (Å²) in [6.45, 7) is 2.98. The van der Waals surface area contributed by atoms with Crippen molar-refractivity contribution in [1.29, 1.82) is 0 Å². The first kappa shape index (κ1) is 18.7. The lowest BCUT2D eigenvalue weighted by molar-refractivity contribution is 0.371. The van der Waals surface area contributed by atoms with E-state index in [0.717, 1.165) is 18.0 Å². The Morgan fingerprint density at radius 3 is 2.82 bits per heavy atom. The number of hydrogen-bond donors (Lipinski definition) is 2. The largest absolute Gasteiger partial charge is 0.356 e. The maximum absolute atomic E-state index is 5.95. The number of hydrogen-bond acceptors (Lipinski definition) is 4. The van der Waals surface area contributed by atoms with Gasteiger partial charge in [0.1, 0.15) is 0 Å². The van der Waals surface area contributed by atoms with Crippen LogP contribution in [0.2, 0.25) is 5.02 Å². The molecule has 0 aliphatic rings. The van der Waals surface area contributed by atoms with Crippen LogP contribution in [0.25, 0.3) is 0 Å². The molecule has 2 N–H and O–H groups in total. The molecule has 2 rings (SSSR count). The van der Waals surface area contributed by atoms with Crippen molar-refractivity contribution < 1.29 is 4.52 Å². The van der Waals surface area contributed by atoms with Crippen LogP contribution in [0.4, 0.5) is 0 Å². The maximum atomic E-state index is 5.95. The topological polar surface area (TPSA) is 75.3 Å². The molecule has 0 amide bonds. The van der Waals surface area contributed by atoms with Crippen molar-refractivity contribution in [2.24, 2.45) is 4.99 Å². The Morgan fingerprint density at radius 1 is 1.36 bits per heavy atom. The highest BCUT2D eigenvalue weighted by atomic mass is 127. The Morgan fingerprint density at radius 2 is 2.18 bits per heavy atom. The normalized spacial score (nSPS) is 11.0. The molecule has 120 valence electrons. The van der Waals surface area contributed by atoms with Crippen LogP contribution in [0.3, 0.4) is 0 Å². The van der Waals surface area contributed by atoms with Gasteiger partial charge in [0.25, 0.3) is 0 Å². The van der Waals surface area contributed by atoms with E-state index in [-0.39, 0.29) is 24.0 Å². The van der Waals surface area contributed by atoms with Gasteiger partial charge < -0.3 is 15.2 Å². The van der Waals surface area contributed by atoms with Gasteiger partial charge in [0, 0.05) is 18.6 Å². The average Bonchev–Trinajstić information content (AvgIpc) is 2.88. The molecule has 0 fully saturated rings. The van der Waals surface area contributed by atoms with Gasteiger partial charge in [0.2, 0.25) is 5.89 Å². The fourth-order valence-corrected chi connectivity index (χ4v) is 2.02. The van der Waals surface area contributed by atoms with E-state index in [2.05, 4.69) is 25.8 Å². The lowest BCUT2D eigenvalue weighted by Gasteiger charge is -2.10. The molecule has 1 aromatic carbocycles. The second-order valence-electron chi connectivity index (χ2n) is 4.47. The van der Waals surface area contributed by atoms with E-state index >= 15 is 0 Å². The Hall–Kier alpha value is -1.35. The number of aliphatic imine (C=N–C) groups is 1. The summed E-state index contributed by atoms with van der Waals surface area (Å²) in [4.78, 5) is 8.25. The van der Waals surface area contributed by atoms with E-state index in [0.29, 0.717) is 24.2 Å². The molecule has 0 saturated carbocycles. The van der Waals surface area contributed by atoms with Gasteiger partial charge in [-0.25, -0.2) is 0 Å². The van der Waals surface area contributed by atoms with E-state index in [4.69, 9.17) is 16.1 Å². The summed E-state index contributed by atoms with van der Waals surface area (Å²) in [5, 5.41) is 10.8. The summed E-state index contributed by atoms with van der Waals surface area (Å²) in [7, 11) is 1.72. The van der Waals surface area contributed by atoms with E-state index in [1.807, 2.05) is 24.3 Å². The predicted molar refractivity (Wildman–Crippen MR) is 97.8 cm³/mol. The highest BCUT2D eigenvalue weighted by molar-refractivity contribution is 14.0. The van der Waals surface area contributed by atoms with Gasteiger partial charge in [0.05, 0.1) is 6.54 Å². The number of halogens is 2. The first-order valence-corrected chi connectivity index (χ1v) is 7.03. The van der Waals surface area contributed by atoms with Crippen LogP contribution in [0.5, 0.6) is 0 Å². The Balaban J connectivity index is 0.00000242. The summed E-state index contributed by atoms with van der Waals surface area (Å²) in [5.74, 6) is 1.84. The lowest BCUT2D eigenvalue weighted by atomic mass is 10.1. The highest BCUT2D eigenvalue weighted by Crippen LogP contribution is 2.10. The number of nitrogens with one attached hydrogen (secondary N) is 2. The Bertz CT molecular complexity index is 617. The summed E-state index contributed by atoms with van der Waals surface area (Å²) in [5.41, 5.74) is 1.18. The number of aryl methyl sites for hydroxylation is 1. The molecule has 0 saturated heterocycles. The summed E-state index contributed by atoms with van der Waals surface area (Å²) in [6, 6.07) is 7.82. The van der Waals surface area contributed by atoms with Gasteiger partial charge >= 0.3 is 0 Å². The van der Waals surface area contributed by atoms with Gasteiger partial charge in [-0.2, -0.15) is 4.98 Å². The van der Waals surface area contributed by atoms with Crippen LogP contribution in [0.15, 0.2) is 33.8 Å². The van der Waals surface area contributed by atoms with Crippen molar-refractivity contribution in [3.63, 3.8) is 0 Å². The molecule has 6 nitrogen and oxygen atoms in total. The van der Waals surface area contributed by atoms with Crippen molar-refractivity contribution in [1.82, 2.24) is 20.8 Å². The van der Waals surface area contributed by atoms with Crippen molar-refractivity contribution in [2.45, 2.75) is 19.9 Å². The number of guanidine groups is 1. The molecule has 1 heterocycles. The van der Waals surface area contributed by atoms with Crippen LogP contribution in [0, 0.1) is 6.92 Å². The highest BCUT2D eigenvalue weighted by Gasteiger charge is 2.04. The number of rotatable bonds is 5. The van der Waals surface area contributed by atoms with Crippen molar-refractivity contribution in [2.75, 3.05) is 13.6 Å². The molecular weight excluding hydrogens is 417 g/mol. The number of benzene rings is 1. The second kappa shape index (κ2) is 9.62. The van der Waals surface area contributed by atoms with E-state index in [1.165, 1.54) is 5.56 Å². The summed E-state index contributed by atoms with van der Waals surface area (Å²) in [6.07, 6.45) is 0.862. The van der Waals surface area contributed by atoms with Crippen molar-refractivity contribution in [3.8, 4) is 0 Å². The Kier molecular flexibility index (Phi) is 8.18. The molecule has 0 atom stereocenters. The minimum atomic E-state index is 0. The summed E-state index contributed by atoms with van der Waals surface area (Å²) < 4.78 is 5.03. The van der Waals surface area contributed by atoms with Crippen LogP contribution in [-0.4, -0.2) is 29.7 Å². The van der Waals surface area contributed by atoms with E-state index in [9.17, 15) is 0 Å². The zero-order chi connectivity index (χ0) is 15.1. The van der Waals surface area contributed by atoms with Crippen LogP contribution in [-0.2, 0) is 13.0 Å². The molecule has 0 aliphatic heterocycles. The van der Waals surface area contributed by atoms with Crippen LogP contribution in [0.1, 0.15) is 17.3 Å². The van der Waals surface area contributed by atoms with Crippen molar-refractivity contribution in [3.05, 3.63) is 46.6 Å². The van der Waals surface area contributed by atoms with E-state index < -0.39 is 0 Å². The van der Waals surface area contributed by atoms with Gasteiger partial charge in [-0.05, 0) is 31.0 Å². The lowest BCUT2D eigenvalue weighted by Crippen LogP contribution is -2.37. The monoisotopic (exact) mass is 435 g/mol. The Labute approximate surface area is 151 Å². The maximum Gasteiger partial charge on any atom is 0.246 e. The van der Waals surface area contributed by atoms with Gasteiger partial charge in [-0.1, -0.05) is 28.9 Å². The first-order valence-electron chi connectivity index (χ1n) is 6.65. The minimum Gasteiger partial charge on any atom is -0.356 e. The van der Waals surface area contributed by atoms with Gasteiger partial charge in [-0.15, -0.1) is 24.0 Å². The quantitative estimate of drug-likeness (QED) is 0.429. The minimum absolute atomic E-state index is 0. The molecule has 2 aromatic rings. The predicted octanol–water partition coefficient (Wildman–Crippen LogP) is 2.56. The molecule has 0 spiro atoms. The third kappa shape index (κ3) is 6.18. The average molecular weight is 436 g/mol. The molecule has 0 aliphatic carbocycles. The molecular formula is C14H19ClIN5O. The zero-order valence-corrected chi connectivity index (χ0v) is 15.6. The van der Waals surface area contributed by atoms with Gasteiger partial charge in [-0.3, -0.25) is 4.99 Å². The smallest absolute Gasteiger partial charge is 0.246 e. The molecule has 0 radical (unpaired) electrons. The standard InChI is InChI=1S/C14H18ClN5O.HI/c1-10-19-13(21-20-10)9-18-14(16-2)17-7-6-11-4-3-5-12(15)8-11;/h3-5,8H,6-7,9H2,1-2H3,(H2,16,17,18);1H. The molecule has 1 aromatic heterocycles. The molecule has 0 bridgehead atoms. The number of aromatic nitrogens is 2. The van der Waals surface area contributed by atoms with Crippen LogP contribution < -0.4 is 10.6 Å². The SMILES string of the molecule is CN=C(NCCc1cccc(Cl)c1)NCc1nc(C)no1.I.